The Balaban J connectivity index is 1.89. The van der Waals surface area contributed by atoms with Gasteiger partial charge in [0, 0.05) is 34.4 Å². The fraction of sp³-hybridized carbons (Fsp3) is 0.600. The molecule has 0 radical (unpaired) electrons. The van der Waals surface area contributed by atoms with Gasteiger partial charge in [-0.1, -0.05) is 6.07 Å². The molecule has 18 heavy (non-hydrogen) atoms. The molecule has 1 aliphatic rings. The number of nitrogens with zero attached hydrogens (tertiary/aromatic N) is 1. The molecule has 1 saturated heterocycles. The predicted octanol–water partition coefficient (Wildman–Crippen LogP) is 3.51. The molecule has 1 aromatic rings. The van der Waals surface area contributed by atoms with Crippen LogP contribution in [0.2, 0.25) is 0 Å². The summed E-state index contributed by atoms with van der Waals surface area (Å²) >= 11 is 2.39. The second-order valence-electron chi connectivity index (χ2n) is 6.21. The van der Waals surface area contributed by atoms with Crippen LogP contribution < -0.4 is 10.2 Å². The van der Waals surface area contributed by atoms with Gasteiger partial charge in [-0.15, -0.1) is 0 Å². The highest BCUT2D eigenvalue weighted by atomic mass is 127. The number of rotatable bonds is 3. The lowest BCUT2D eigenvalue weighted by molar-refractivity contribution is 0.383. The average Bonchev–Trinajstić information content (AvgIpc) is 2.74. The minimum atomic E-state index is 0.232. The molecule has 1 unspecified atom stereocenters. The van der Waals surface area contributed by atoms with Gasteiger partial charge in [-0.05, 0) is 73.9 Å². The van der Waals surface area contributed by atoms with E-state index >= 15 is 0 Å². The van der Waals surface area contributed by atoms with Crippen molar-refractivity contribution in [3.8, 4) is 0 Å². The third kappa shape index (κ3) is 4.12. The van der Waals surface area contributed by atoms with Crippen molar-refractivity contribution in [2.75, 3.05) is 24.5 Å². The normalized spacial score (nSPS) is 20.4. The van der Waals surface area contributed by atoms with Crippen molar-refractivity contribution < 1.29 is 0 Å². The Labute approximate surface area is 124 Å². The maximum atomic E-state index is 3.62. The zero-order chi connectivity index (χ0) is 13.2. The van der Waals surface area contributed by atoms with Crippen molar-refractivity contribution >= 4 is 28.3 Å². The summed E-state index contributed by atoms with van der Waals surface area (Å²) in [5, 5.41) is 3.62. The number of halogens is 1. The van der Waals surface area contributed by atoms with Crippen molar-refractivity contribution in [2.45, 2.75) is 32.7 Å². The average molecular weight is 358 g/mol. The van der Waals surface area contributed by atoms with E-state index in [1.807, 2.05) is 0 Å². The third-order valence-electron chi connectivity index (χ3n) is 3.38. The van der Waals surface area contributed by atoms with Crippen LogP contribution >= 0.6 is 22.6 Å². The molecular formula is C15H23IN2. The molecule has 0 spiro atoms. The van der Waals surface area contributed by atoms with Crippen LogP contribution in [0.5, 0.6) is 0 Å². The maximum Gasteiger partial charge on any atom is 0.0376 e. The first-order valence-electron chi connectivity index (χ1n) is 6.69. The summed E-state index contributed by atoms with van der Waals surface area (Å²) < 4.78 is 1.32. The summed E-state index contributed by atoms with van der Waals surface area (Å²) in [5.74, 6) is 0.780. The molecule has 0 amide bonds. The van der Waals surface area contributed by atoms with Crippen LogP contribution in [0.3, 0.4) is 0 Å². The first-order chi connectivity index (χ1) is 8.44. The highest BCUT2D eigenvalue weighted by Crippen LogP contribution is 2.25. The monoisotopic (exact) mass is 358 g/mol. The van der Waals surface area contributed by atoms with Gasteiger partial charge in [-0.25, -0.2) is 0 Å². The van der Waals surface area contributed by atoms with Crippen LogP contribution in [-0.2, 0) is 0 Å². The number of benzene rings is 1. The standard InChI is InChI=1S/C15H23IN2/c1-15(2,3)17-10-12-7-8-18(11-12)14-6-4-5-13(16)9-14/h4-6,9,12,17H,7-8,10-11H2,1-3H3. The van der Waals surface area contributed by atoms with E-state index in [9.17, 15) is 0 Å². The Morgan fingerprint density at radius 3 is 2.83 bits per heavy atom. The summed E-state index contributed by atoms with van der Waals surface area (Å²) in [4.78, 5) is 2.51. The Bertz CT molecular complexity index is 398. The van der Waals surface area contributed by atoms with E-state index in [2.05, 4.69) is 77.8 Å². The molecule has 2 rings (SSSR count). The molecular weight excluding hydrogens is 335 g/mol. The number of nitrogens with one attached hydrogen (secondary N) is 1. The second-order valence-corrected chi connectivity index (χ2v) is 7.46. The Morgan fingerprint density at radius 1 is 1.39 bits per heavy atom. The molecule has 100 valence electrons. The number of hydrogen-bond acceptors (Lipinski definition) is 2. The van der Waals surface area contributed by atoms with Crippen molar-refractivity contribution in [3.63, 3.8) is 0 Å². The molecule has 0 saturated carbocycles. The molecule has 1 fully saturated rings. The SMILES string of the molecule is CC(C)(C)NCC1CCN(c2cccc(I)c2)C1. The van der Waals surface area contributed by atoms with Crippen molar-refractivity contribution in [2.24, 2.45) is 5.92 Å². The molecule has 1 atom stereocenters. The quantitative estimate of drug-likeness (QED) is 0.832. The number of hydrogen-bond donors (Lipinski definition) is 1. The topological polar surface area (TPSA) is 15.3 Å². The van der Waals surface area contributed by atoms with Crippen molar-refractivity contribution in [1.29, 1.82) is 0 Å². The molecule has 0 bridgehead atoms. The minimum Gasteiger partial charge on any atom is -0.371 e. The molecule has 3 heteroatoms. The first-order valence-corrected chi connectivity index (χ1v) is 7.77. The van der Waals surface area contributed by atoms with Crippen LogP contribution in [-0.4, -0.2) is 25.2 Å². The van der Waals surface area contributed by atoms with Crippen molar-refractivity contribution in [1.82, 2.24) is 5.32 Å². The smallest absolute Gasteiger partial charge is 0.0376 e. The summed E-state index contributed by atoms with van der Waals surface area (Å²) in [7, 11) is 0. The third-order valence-corrected chi connectivity index (χ3v) is 4.05. The van der Waals surface area contributed by atoms with Gasteiger partial charge >= 0.3 is 0 Å². The minimum absolute atomic E-state index is 0.232. The summed E-state index contributed by atoms with van der Waals surface area (Å²) in [6.45, 7) is 10.2. The summed E-state index contributed by atoms with van der Waals surface area (Å²) in [6.07, 6.45) is 1.30. The molecule has 2 nitrogen and oxygen atoms in total. The second kappa shape index (κ2) is 5.78. The van der Waals surface area contributed by atoms with Gasteiger partial charge in [-0.2, -0.15) is 0 Å². The lowest BCUT2D eigenvalue weighted by Gasteiger charge is -2.24. The van der Waals surface area contributed by atoms with Crippen LogP contribution in [0.25, 0.3) is 0 Å². The van der Waals surface area contributed by atoms with E-state index in [1.165, 1.54) is 28.8 Å². The van der Waals surface area contributed by atoms with E-state index in [0.29, 0.717) is 0 Å². The highest BCUT2D eigenvalue weighted by Gasteiger charge is 2.23. The van der Waals surface area contributed by atoms with E-state index in [1.54, 1.807) is 0 Å². The predicted molar refractivity (Wildman–Crippen MR) is 87.2 cm³/mol. The van der Waals surface area contributed by atoms with Crippen LogP contribution in [0.4, 0.5) is 5.69 Å². The summed E-state index contributed by atoms with van der Waals surface area (Å²) in [5.41, 5.74) is 1.61. The van der Waals surface area contributed by atoms with Gasteiger partial charge in [0.15, 0.2) is 0 Å². The van der Waals surface area contributed by atoms with Crippen LogP contribution in [0.15, 0.2) is 24.3 Å². The fourth-order valence-electron chi connectivity index (χ4n) is 2.36. The van der Waals surface area contributed by atoms with Gasteiger partial charge in [0.25, 0.3) is 0 Å². The lowest BCUT2D eigenvalue weighted by Crippen LogP contribution is -2.39. The van der Waals surface area contributed by atoms with Gasteiger partial charge in [0.05, 0.1) is 0 Å². The van der Waals surface area contributed by atoms with E-state index in [-0.39, 0.29) is 5.54 Å². The Kier molecular flexibility index (Phi) is 4.54. The van der Waals surface area contributed by atoms with E-state index < -0.39 is 0 Å². The molecule has 0 aliphatic carbocycles. The fourth-order valence-corrected chi connectivity index (χ4v) is 2.88. The maximum absolute atomic E-state index is 3.62. The van der Waals surface area contributed by atoms with Gasteiger partial charge in [0.2, 0.25) is 0 Å². The molecule has 1 aromatic carbocycles. The van der Waals surface area contributed by atoms with Gasteiger partial charge in [0.1, 0.15) is 0 Å². The van der Waals surface area contributed by atoms with E-state index in [0.717, 1.165) is 12.5 Å². The Hall–Kier alpha value is -0.290. The molecule has 1 N–H and O–H groups in total. The highest BCUT2D eigenvalue weighted by molar-refractivity contribution is 14.1. The van der Waals surface area contributed by atoms with Gasteiger partial charge < -0.3 is 10.2 Å². The number of anilines is 1. The van der Waals surface area contributed by atoms with Crippen LogP contribution in [0, 0.1) is 9.49 Å². The van der Waals surface area contributed by atoms with Crippen molar-refractivity contribution in [3.05, 3.63) is 27.8 Å². The molecule has 0 aromatic heterocycles. The van der Waals surface area contributed by atoms with E-state index in [4.69, 9.17) is 0 Å². The lowest BCUT2D eigenvalue weighted by atomic mass is 10.1. The summed E-state index contributed by atoms with van der Waals surface area (Å²) in [6, 6.07) is 8.80. The Morgan fingerprint density at radius 2 is 2.17 bits per heavy atom. The molecule has 1 heterocycles. The largest absolute Gasteiger partial charge is 0.371 e. The first kappa shape index (κ1) is 14.1. The van der Waals surface area contributed by atoms with Crippen LogP contribution in [0.1, 0.15) is 27.2 Å². The zero-order valence-electron chi connectivity index (χ0n) is 11.5. The van der Waals surface area contributed by atoms with Gasteiger partial charge in [-0.3, -0.25) is 0 Å². The zero-order valence-corrected chi connectivity index (χ0v) is 13.7. The molecule has 1 aliphatic heterocycles.